The molecular formula is C13H24N2O3. The largest absolute Gasteiger partial charge is 0.481 e. The van der Waals surface area contributed by atoms with Gasteiger partial charge in [0.05, 0.1) is 6.04 Å². The van der Waals surface area contributed by atoms with E-state index in [9.17, 15) is 9.59 Å². The summed E-state index contributed by atoms with van der Waals surface area (Å²) in [7, 11) is 0. The molecule has 1 unspecified atom stereocenters. The zero-order valence-electron chi connectivity index (χ0n) is 10.9. The Morgan fingerprint density at radius 2 is 1.94 bits per heavy atom. The fourth-order valence-corrected chi connectivity index (χ4v) is 2.47. The van der Waals surface area contributed by atoms with Gasteiger partial charge >= 0.3 is 5.97 Å². The minimum Gasteiger partial charge on any atom is -0.481 e. The van der Waals surface area contributed by atoms with Crippen LogP contribution in [0.25, 0.3) is 0 Å². The van der Waals surface area contributed by atoms with Crippen molar-refractivity contribution in [2.24, 2.45) is 11.7 Å². The molecule has 4 N–H and O–H groups in total. The van der Waals surface area contributed by atoms with Gasteiger partial charge in [-0.1, -0.05) is 32.1 Å². The molecule has 0 bridgehead atoms. The standard InChI is InChI=1S/C13H24N2O3/c14-11(9-10-5-2-1-3-6-10)13(18)15-8-4-7-12(16)17/h10-11H,1-9,14H2,(H,15,18)(H,16,17). The molecule has 5 heteroatoms. The predicted molar refractivity (Wildman–Crippen MR) is 69.0 cm³/mol. The number of carboxylic acids is 1. The zero-order valence-corrected chi connectivity index (χ0v) is 10.9. The van der Waals surface area contributed by atoms with Crippen LogP contribution in [-0.4, -0.2) is 29.6 Å². The Labute approximate surface area is 108 Å². The van der Waals surface area contributed by atoms with Crippen LogP contribution in [0.1, 0.15) is 51.4 Å². The van der Waals surface area contributed by atoms with E-state index in [1.807, 2.05) is 0 Å². The summed E-state index contributed by atoms with van der Waals surface area (Å²) < 4.78 is 0. The molecule has 0 saturated heterocycles. The molecule has 0 aromatic carbocycles. The van der Waals surface area contributed by atoms with Gasteiger partial charge < -0.3 is 16.2 Å². The topological polar surface area (TPSA) is 92.4 Å². The molecule has 1 saturated carbocycles. The molecule has 0 aliphatic heterocycles. The normalized spacial score (nSPS) is 18.3. The fourth-order valence-electron chi connectivity index (χ4n) is 2.47. The van der Waals surface area contributed by atoms with E-state index in [2.05, 4.69) is 5.32 Å². The van der Waals surface area contributed by atoms with Crippen LogP contribution >= 0.6 is 0 Å². The first-order chi connectivity index (χ1) is 8.59. The van der Waals surface area contributed by atoms with Crippen LogP contribution in [0.5, 0.6) is 0 Å². The average Bonchev–Trinajstić information content (AvgIpc) is 2.35. The third kappa shape index (κ3) is 6.00. The number of nitrogens with two attached hydrogens (primary N) is 1. The summed E-state index contributed by atoms with van der Waals surface area (Å²) in [5, 5.41) is 11.2. The molecular weight excluding hydrogens is 232 g/mol. The Morgan fingerprint density at radius 3 is 2.56 bits per heavy atom. The third-order valence-corrected chi connectivity index (χ3v) is 3.52. The second-order valence-electron chi connectivity index (χ2n) is 5.13. The van der Waals surface area contributed by atoms with Crippen molar-refractivity contribution in [1.82, 2.24) is 5.32 Å². The van der Waals surface area contributed by atoms with E-state index in [1.165, 1.54) is 32.1 Å². The number of nitrogens with one attached hydrogen (secondary N) is 1. The highest BCUT2D eigenvalue weighted by molar-refractivity contribution is 5.81. The maximum Gasteiger partial charge on any atom is 0.303 e. The van der Waals surface area contributed by atoms with Gasteiger partial charge in [-0.25, -0.2) is 0 Å². The lowest BCUT2D eigenvalue weighted by Gasteiger charge is -2.24. The average molecular weight is 256 g/mol. The van der Waals surface area contributed by atoms with Crippen LogP contribution in [0, 0.1) is 5.92 Å². The van der Waals surface area contributed by atoms with Crippen LogP contribution in [0.2, 0.25) is 0 Å². The molecule has 0 radical (unpaired) electrons. The number of hydrogen-bond donors (Lipinski definition) is 3. The number of carbonyl (C=O) groups is 2. The first-order valence-electron chi connectivity index (χ1n) is 6.84. The lowest BCUT2D eigenvalue weighted by Crippen LogP contribution is -2.42. The summed E-state index contributed by atoms with van der Waals surface area (Å²) in [6.45, 7) is 0.392. The van der Waals surface area contributed by atoms with Gasteiger partial charge in [0, 0.05) is 13.0 Å². The molecule has 0 aromatic heterocycles. The highest BCUT2D eigenvalue weighted by Crippen LogP contribution is 2.26. The highest BCUT2D eigenvalue weighted by atomic mass is 16.4. The van der Waals surface area contributed by atoms with E-state index < -0.39 is 12.0 Å². The van der Waals surface area contributed by atoms with E-state index in [-0.39, 0.29) is 12.3 Å². The molecule has 104 valence electrons. The summed E-state index contributed by atoms with van der Waals surface area (Å²) in [5.74, 6) is -0.403. The molecule has 18 heavy (non-hydrogen) atoms. The fraction of sp³-hybridized carbons (Fsp3) is 0.846. The first kappa shape index (κ1) is 15.0. The van der Waals surface area contributed by atoms with Crippen molar-refractivity contribution in [3.05, 3.63) is 0 Å². The van der Waals surface area contributed by atoms with Gasteiger partial charge in [-0.2, -0.15) is 0 Å². The molecule has 5 nitrogen and oxygen atoms in total. The van der Waals surface area contributed by atoms with Crippen molar-refractivity contribution in [3.8, 4) is 0 Å². The second kappa shape index (κ2) is 8.08. The van der Waals surface area contributed by atoms with Gasteiger partial charge in [0.2, 0.25) is 5.91 Å². The van der Waals surface area contributed by atoms with Crippen molar-refractivity contribution in [3.63, 3.8) is 0 Å². The SMILES string of the molecule is NC(CC1CCCCC1)C(=O)NCCCC(=O)O. The Hall–Kier alpha value is -1.10. The van der Waals surface area contributed by atoms with Gasteiger partial charge in [0.1, 0.15) is 0 Å². The van der Waals surface area contributed by atoms with E-state index in [1.54, 1.807) is 0 Å². The van der Waals surface area contributed by atoms with E-state index in [0.29, 0.717) is 18.9 Å². The number of hydrogen-bond acceptors (Lipinski definition) is 3. The lowest BCUT2D eigenvalue weighted by atomic mass is 9.85. The lowest BCUT2D eigenvalue weighted by molar-refractivity contribution is -0.137. The molecule has 1 aliphatic carbocycles. The first-order valence-corrected chi connectivity index (χ1v) is 6.84. The van der Waals surface area contributed by atoms with Crippen LogP contribution in [0.4, 0.5) is 0 Å². The van der Waals surface area contributed by atoms with Gasteiger partial charge in [-0.3, -0.25) is 9.59 Å². The van der Waals surface area contributed by atoms with Gasteiger partial charge in [-0.05, 0) is 18.8 Å². The second-order valence-corrected chi connectivity index (χ2v) is 5.13. The van der Waals surface area contributed by atoms with Crippen molar-refractivity contribution in [2.45, 2.75) is 57.4 Å². The van der Waals surface area contributed by atoms with Crippen LogP contribution in [0.15, 0.2) is 0 Å². The monoisotopic (exact) mass is 256 g/mol. The van der Waals surface area contributed by atoms with Crippen molar-refractivity contribution in [2.75, 3.05) is 6.54 Å². The van der Waals surface area contributed by atoms with Crippen molar-refractivity contribution in [1.29, 1.82) is 0 Å². The Morgan fingerprint density at radius 1 is 1.28 bits per heavy atom. The molecule has 0 spiro atoms. The number of rotatable bonds is 7. The number of amides is 1. The van der Waals surface area contributed by atoms with E-state index in [0.717, 1.165) is 6.42 Å². The smallest absolute Gasteiger partial charge is 0.303 e. The van der Waals surface area contributed by atoms with Gasteiger partial charge in [-0.15, -0.1) is 0 Å². The molecule has 1 amide bonds. The molecule has 1 aliphatic rings. The third-order valence-electron chi connectivity index (χ3n) is 3.52. The number of carboxylic acid groups (broad SMARTS) is 1. The Bertz CT molecular complexity index is 275. The highest BCUT2D eigenvalue weighted by Gasteiger charge is 2.20. The molecule has 0 aromatic rings. The molecule has 1 fully saturated rings. The minimum absolute atomic E-state index is 0.0815. The summed E-state index contributed by atoms with van der Waals surface area (Å²) in [4.78, 5) is 22.0. The van der Waals surface area contributed by atoms with Crippen LogP contribution in [-0.2, 0) is 9.59 Å². The summed E-state index contributed by atoms with van der Waals surface area (Å²) in [6, 6.07) is -0.446. The quantitative estimate of drug-likeness (QED) is 0.598. The van der Waals surface area contributed by atoms with Crippen LogP contribution < -0.4 is 11.1 Å². The molecule has 1 rings (SSSR count). The van der Waals surface area contributed by atoms with Crippen molar-refractivity contribution >= 4 is 11.9 Å². The van der Waals surface area contributed by atoms with Crippen molar-refractivity contribution < 1.29 is 14.7 Å². The van der Waals surface area contributed by atoms with Gasteiger partial charge in [0.15, 0.2) is 0 Å². The summed E-state index contributed by atoms with van der Waals surface area (Å²) >= 11 is 0. The van der Waals surface area contributed by atoms with Gasteiger partial charge in [0.25, 0.3) is 0 Å². The zero-order chi connectivity index (χ0) is 13.4. The summed E-state index contributed by atoms with van der Waals surface area (Å²) in [6.07, 6.45) is 7.45. The minimum atomic E-state index is -0.837. The molecule has 1 atom stereocenters. The Balaban J connectivity index is 2.13. The Kier molecular flexibility index (Phi) is 6.72. The number of carbonyl (C=O) groups excluding carboxylic acids is 1. The van der Waals surface area contributed by atoms with E-state index in [4.69, 9.17) is 10.8 Å². The maximum absolute atomic E-state index is 11.7. The molecule has 0 heterocycles. The predicted octanol–water partition coefficient (Wildman–Crippen LogP) is 1.27. The van der Waals surface area contributed by atoms with Crippen LogP contribution in [0.3, 0.4) is 0 Å². The number of aliphatic carboxylic acids is 1. The summed E-state index contributed by atoms with van der Waals surface area (Å²) in [5.41, 5.74) is 5.86. The maximum atomic E-state index is 11.7. The van der Waals surface area contributed by atoms with E-state index >= 15 is 0 Å².